The van der Waals surface area contributed by atoms with E-state index in [1.807, 2.05) is 31.3 Å². The van der Waals surface area contributed by atoms with Crippen molar-refractivity contribution in [1.29, 1.82) is 0 Å². The first-order valence-corrected chi connectivity index (χ1v) is 13.3. The van der Waals surface area contributed by atoms with Crippen LogP contribution in [0.1, 0.15) is 44.6 Å². The third-order valence-electron chi connectivity index (χ3n) is 7.14. The smallest absolute Gasteiger partial charge is 0.328 e. The number of halogens is 2. The molecule has 200 valence electrons. The minimum absolute atomic E-state index is 0.183. The second-order valence-corrected chi connectivity index (χ2v) is 10.3. The minimum Gasteiger partial charge on any atom is -0.478 e. The summed E-state index contributed by atoms with van der Waals surface area (Å²) >= 11 is 6.74. The Kier molecular flexibility index (Phi) is 7.41. The van der Waals surface area contributed by atoms with E-state index in [0.29, 0.717) is 23.4 Å². The Morgan fingerprint density at radius 3 is 2.62 bits per heavy atom. The topological polar surface area (TPSA) is 75.4 Å². The molecule has 1 aliphatic rings. The van der Waals surface area contributed by atoms with Crippen molar-refractivity contribution in [3.05, 3.63) is 88.8 Å². The molecule has 6 nitrogen and oxygen atoms in total. The largest absolute Gasteiger partial charge is 0.478 e. The Morgan fingerprint density at radius 2 is 1.87 bits per heavy atom. The highest BCUT2D eigenvalue weighted by Crippen LogP contribution is 2.33. The van der Waals surface area contributed by atoms with Gasteiger partial charge in [-0.3, -0.25) is 9.48 Å². The van der Waals surface area contributed by atoms with E-state index >= 15 is 0 Å². The molecular weight excluding hydrogens is 517 g/mol. The maximum atomic E-state index is 14.7. The zero-order chi connectivity index (χ0) is 28.4. The highest BCUT2D eigenvalue weighted by Gasteiger charge is 2.28. The van der Waals surface area contributed by atoms with E-state index in [0.717, 1.165) is 47.4 Å². The van der Waals surface area contributed by atoms with E-state index in [1.165, 1.54) is 29.2 Å². The van der Waals surface area contributed by atoms with Gasteiger partial charge >= 0.3 is 5.97 Å². The van der Waals surface area contributed by atoms with Crippen LogP contribution in [0.2, 0.25) is 5.02 Å². The normalized spacial score (nSPS) is 15.4. The molecule has 1 saturated carbocycles. The predicted molar refractivity (Wildman–Crippen MR) is 152 cm³/mol. The lowest BCUT2D eigenvalue weighted by Crippen LogP contribution is -2.37. The van der Waals surface area contributed by atoms with Gasteiger partial charge in [0.15, 0.2) is 0 Å². The highest BCUT2D eigenvalue weighted by molar-refractivity contribution is 6.31. The monoisotopic (exact) mass is 546 g/mol. The van der Waals surface area contributed by atoms with Gasteiger partial charge in [0.1, 0.15) is 5.82 Å². The number of carbonyl (C=O) groups is 2. The van der Waals surface area contributed by atoms with E-state index in [2.05, 4.69) is 5.10 Å². The lowest BCUT2D eigenvalue weighted by molar-refractivity contribution is -0.131. The zero-order valence-corrected chi connectivity index (χ0v) is 22.2. The Bertz CT molecular complexity index is 1610. The number of rotatable bonds is 7. The first-order valence-electron chi connectivity index (χ1n) is 13.5. The molecule has 1 unspecified atom stereocenters. The van der Waals surface area contributed by atoms with Crippen molar-refractivity contribution in [2.45, 2.75) is 38.6 Å². The summed E-state index contributed by atoms with van der Waals surface area (Å²) in [4.78, 5) is 26.2. The van der Waals surface area contributed by atoms with Gasteiger partial charge < -0.3 is 10.0 Å². The quantitative estimate of drug-likeness (QED) is 0.248. The van der Waals surface area contributed by atoms with Crippen LogP contribution in [0.25, 0.3) is 28.1 Å². The fourth-order valence-corrected chi connectivity index (χ4v) is 5.33. The van der Waals surface area contributed by atoms with Crippen molar-refractivity contribution in [3.8, 4) is 11.1 Å². The second kappa shape index (κ2) is 11.4. The van der Waals surface area contributed by atoms with Crippen molar-refractivity contribution in [2.24, 2.45) is 13.0 Å². The summed E-state index contributed by atoms with van der Waals surface area (Å²) in [5.41, 5.74) is 3.65. The molecule has 0 saturated heterocycles. The SMILES string of the molecule is [2H]C(c1ccc(-c2ccc3c(cnn3C)c2)cc1Cl)N(C(=O)C1CCCCC1)c1cc(F)cc(/C=C/C(=O)O)c1. The number of aromatic nitrogens is 2. The number of anilines is 1. The molecule has 1 heterocycles. The van der Waals surface area contributed by atoms with E-state index in [-0.39, 0.29) is 23.1 Å². The molecule has 1 aromatic heterocycles. The molecule has 1 fully saturated rings. The maximum Gasteiger partial charge on any atom is 0.328 e. The highest BCUT2D eigenvalue weighted by atomic mass is 35.5. The molecule has 1 N–H and O–H groups in total. The fourth-order valence-electron chi connectivity index (χ4n) is 5.10. The van der Waals surface area contributed by atoms with Crippen molar-refractivity contribution in [2.75, 3.05) is 4.90 Å². The standard InChI is InChI=1S/C31H29ClFN3O3/c1-35-29-11-10-22(15-25(29)18-34-35)23-8-9-24(28(32)16-23)19-36(31(39)21-5-3-2-4-6-21)27-14-20(7-12-30(37)38)13-26(33)17-27/h7-18,21H,2-6,19H2,1H3,(H,37,38)/b12-7+/i19D. The van der Waals surface area contributed by atoms with Crippen LogP contribution >= 0.6 is 11.6 Å². The third kappa shape index (κ3) is 6.04. The van der Waals surface area contributed by atoms with Gasteiger partial charge in [-0.2, -0.15) is 5.10 Å². The average molecular weight is 547 g/mol. The Morgan fingerprint density at radius 1 is 1.13 bits per heavy atom. The van der Waals surface area contributed by atoms with Gasteiger partial charge in [0.2, 0.25) is 5.91 Å². The molecule has 1 aliphatic carbocycles. The van der Waals surface area contributed by atoms with Gasteiger partial charge in [-0.25, -0.2) is 9.18 Å². The number of hydrogen-bond acceptors (Lipinski definition) is 3. The number of benzene rings is 3. The third-order valence-corrected chi connectivity index (χ3v) is 7.47. The van der Waals surface area contributed by atoms with Gasteiger partial charge in [0.25, 0.3) is 0 Å². The summed E-state index contributed by atoms with van der Waals surface area (Å²) in [5, 5.41) is 14.6. The number of amides is 1. The lowest BCUT2D eigenvalue weighted by atomic mass is 9.88. The van der Waals surface area contributed by atoms with Crippen molar-refractivity contribution in [1.82, 2.24) is 9.78 Å². The van der Waals surface area contributed by atoms with Crippen LogP contribution in [0.4, 0.5) is 10.1 Å². The number of aliphatic carboxylic acids is 1. The van der Waals surface area contributed by atoms with Crippen LogP contribution in [-0.4, -0.2) is 26.8 Å². The summed E-state index contributed by atoms with van der Waals surface area (Å²) in [7, 11) is 1.88. The number of aryl methyl sites for hydroxylation is 1. The van der Waals surface area contributed by atoms with Crippen molar-refractivity contribution < 1.29 is 20.5 Å². The number of carboxylic acids is 1. The number of carbonyl (C=O) groups excluding carboxylic acids is 1. The molecule has 0 bridgehead atoms. The molecule has 0 spiro atoms. The van der Waals surface area contributed by atoms with Crippen LogP contribution in [0.3, 0.4) is 0 Å². The number of carboxylic acid groups (broad SMARTS) is 1. The van der Waals surface area contributed by atoms with Gasteiger partial charge in [-0.1, -0.05) is 49.1 Å². The summed E-state index contributed by atoms with van der Waals surface area (Å²) in [6, 6.07) is 15.2. The van der Waals surface area contributed by atoms with Gasteiger partial charge in [-0.15, -0.1) is 0 Å². The van der Waals surface area contributed by atoms with Gasteiger partial charge in [0, 0.05) is 35.1 Å². The number of nitrogens with zero attached hydrogens (tertiary/aromatic N) is 3. The first kappa shape index (κ1) is 25.3. The number of hydrogen-bond donors (Lipinski definition) is 1. The summed E-state index contributed by atoms with van der Waals surface area (Å²) in [5.74, 6) is -2.36. The molecule has 39 heavy (non-hydrogen) atoms. The van der Waals surface area contributed by atoms with Crippen LogP contribution in [0.5, 0.6) is 0 Å². The molecule has 0 radical (unpaired) electrons. The molecule has 0 aliphatic heterocycles. The number of fused-ring (bicyclic) bond motifs is 1. The van der Waals surface area contributed by atoms with Crippen LogP contribution in [0.15, 0.2) is 66.9 Å². The van der Waals surface area contributed by atoms with E-state index in [4.69, 9.17) is 18.1 Å². The van der Waals surface area contributed by atoms with E-state index < -0.39 is 18.3 Å². The first-order chi connectivity index (χ1) is 19.2. The molecule has 3 aromatic carbocycles. The van der Waals surface area contributed by atoms with Crippen molar-refractivity contribution >= 4 is 46.1 Å². The summed E-state index contributed by atoms with van der Waals surface area (Å²) < 4.78 is 25.7. The van der Waals surface area contributed by atoms with E-state index in [1.54, 1.807) is 23.0 Å². The van der Waals surface area contributed by atoms with Crippen LogP contribution < -0.4 is 4.90 Å². The zero-order valence-electron chi connectivity index (χ0n) is 22.5. The summed E-state index contributed by atoms with van der Waals surface area (Å²) in [6.45, 7) is -1.24. The summed E-state index contributed by atoms with van der Waals surface area (Å²) in [6.07, 6.45) is 8.25. The average Bonchev–Trinajstić information content (AvgIpc) is 3.32. The minimum atomic E-state index is -1.24. The maximum absolute atomic E-state index is 14.7. The van der Waals surface area contributed by atoms with Crippen LogP contribution in [0, 0.1) is 11.7 Å². The molecule has 1 atom stereocenters. The Hall–Kier alpha value is -3.97. The molecule has 4 aromatic rings. The fraction of sp³-hybridized carbons (Fsp3) is 0.258. The van der Waals surface area contributed by atoms with Crippen LogP contribution in [-0.2, 0) is 23.2 Å². The Labute approximate surface area is 232 Å². The molecular formula is C31H29ClFN3O3. The van der Waals surface area contributed by atoms with Crippen molar-refractivity contribution in [3.63, 3.8) is 0 Å². The predicted octanol–water partition coefficient (Wildman–Crippen LogP) is 7.24. The lowest BCUT2D eigenvalue weighted by Gasteiger charge is -2.30. The Balaban J connectivity index is 1.53. The van der Waals surface area contributed by atoms with Gasteiger partial charge in [-0.05, 0) is 77.6 Å². The molecule has 5 rings (SSSR count). The van der Waals surface area contributed by atoms with Gasteiger partial charge in [0.05, 0.1) is 19.6 Å². The van der Waals surface area contributed by atoms with E-state index in [9.17, 15) is 14.0 Å². The molecule has 1 amide bonds. The molecule has 8 heteroatoms. The second-order valence-electron chi connectivity index (χ2n) is 9.86.